The van der Waals surface area contributed by atoms with Crippen molar-refractivity contribution in [1.82, 2.24) is 41.7 Å². The maximum absolute atomic E-state index is 14.1. The summed E-state index contributed by atoms with van der Waals surface area (Å²) >= 11 is 5.31. The topological polar surface area (TPSA) is 434 Å². The van der Waals surface area contributed by atoms with Crippen LogP contribution in [-0.4, -0.2) is 192 Å². The fourth-order valence-corrected chi connectivity index (χ4v) is 8.05. The summed E-state index contributed by atoms with van der Waals surface area (Å²) in [7, 11) is 0. The molecule has 0 aromatic rings. The molecule has 0 radical (unpaired) electrons. The summed E-state index contributed by atoms with van der Waals surface area (Å²) in [5.41, 5.74) is 10.8. The third kappa shape index (κ3) is 18.7. The van der Waals surface area contributed by atoms with Crippen molar-refractivity contribution >= 4 is 101 Å². The summed E-state index contributed by atoms with van der Waals surface area (Å²) < 4.78 is 0. The third-order valence-electron chi connectivity index (χ3n) is 11.0. The monoisotopic (exact) mass is 1020 g/mol. The van der Waals surface area contributed by atoms with E-state index in [0.717, 1.165) is 4.90 Å². The van der Waals surface area contributed by atoms with Gasteiger partial charge in [-0.2, -0.15) is 24.4 Å². The first-order valence-corrected chi connectivity index (χ1v) is 23.8. The lowest BCUT2D eigenvalue weighted by atomic mass is 10.0. The number of hydrogen-bond donors (Lipinski definition) is 13. The number of rotatable bonds is 29. The molecule has 2 saturated heterocycles. The number of thioether (sulfide) groups is 1. The van der Waals surface area contributed by atoms with Gasteiger partial charge < -0.3 is 73.6 Å². The molecule has 0 bridgehead atoms. The van der Waals surface area contributed by atoms with Gasteiger partial charge >= 0.3 is 23.9 Å². The second-order valence-electron chi connectivity index (χ2n) is 16.6. The van der Waals surface area contributed by atoms with E-state index in [1.165, 1.54) is 30.5 Å². The van der Waals surface area contributed by atoms with Gasteiger partial charge in [-0.25, -0.2) is 4.79 Å². The van der Waals surface area contributed by atoms with Gasteiger partial charge in [-0.3, -0.25) is 57.5 Å². The van der Waals surface area contributed by atoms with Crippen molar-refractivity contribution in [3.63, 3.8) is 0 Å². The molecule has 69 heavy (non-hydrogen) atoms. The van der Waals surface area contributed by atoms with Crippen molar-refractivity contribution in [1.29, 1.82) is 0 Å². The molecule has 0 aromatic heterocycles. The first kappa shape index (κ1) is 58.9. The van der Waals surface area contributed by atoms with E-state index in [-0.39, 0.29) is 50.9 Å². The van der Waals surface area contributed by atoms with Gasteiger partial charge in [0.05, 0.1) is 25.3 Å². The van der Waals surface area contributed by atoms with Crippen LogP contribution in [0.2, 0.25) is 0 Å². The van der Waals surface area contributed by atoms with Gasteiger partial charge in [0.1, 0.15) is 48.3 Å². The second kappa shape index (κ2) is 28.3. The Morgan fingerprint density at radius 3 is 1.57 bits per heavy atom. The standard InChI is InChI=1S/C40H62N10O17S2/c1-18(2)31(48-36(62)26-7-5-11-49(26)38(64)21(10-13-69-3)44-33(59)20(8-9-28(52)53)43-32(58)19(41)17-68)37(63)46-23(16-30(56)57)39(65)50-12-4-6-25(50)35(61)45-22(15-29(54)55)34(60)47-24(40(66)67)14-27(42)51/h18-26,31,68H,4-17,41H2,1-3H3,(H2,42,51)(H,43,58)(H,44,59)(H,45,61)(H,46,63)(H,47,60)(H,48,62)(H,52,53)(H,54,55)(H,56,57)(H,66,67)/t19-,20-,21-,22-,23-,24-,25-,26-,31-/m0/s1. The molecule has 2 rings (SSSR count). The number of carboxylic acids is 4. The molecule has 2 aliphatic rings. The molecule has 0 saturated carbocycles. The molecular formula is C40H62N10O17S2. The highest BCUT2D eigenvalue weighted by Gasteiger charge is 2.43. The lowest BCUT2D eigenvalue weighted by molar-refractivity contribution is -0.147. The zero-order valence-corrected chi connectivity index (χ0v) is 39.9. The molecule has 27 nitrogen and oxygen atoms in total. The number of nitrogens with zero attached hydrogens (tertiary/aromatic N) is 2. The maximum atomic E-state index is 14.1. The van der Waals surface area contributed by atoms with E-state index in [1.54, 1.807) is 6.26 Å². The van der Waals surface area contributed by atoms with Crippen LogP contribution in [0, 0.1) is 5.92 Å². The Bertz CT molecular complexity index is 1960. The molecule has 0 aliphatic carbocycles. The Labute approximate surface area is 405 Å². The lowest BCUT2D eigenvalue weighted by Gasteiger charge is -2.32. The molecule has 14 N–H and O–H groups in total. The molecule has 9 atom stereocenters. The van der Waals surface area contributed by atoms with Crippen LogP contribution >= 0.6 is 24.4 Å². The molecule has 2 aliphatic heterocycles. The van der Waals surface area contributed by atoms with Crippen LogP contribution in [-0.2, 0) is 62.3 Å². The van der Waals surface area contributed by atoms with Crippen molar-refractivity contribution in [2.45, 2.75) is 132 Å². The summed E-state index contributed by atoms with van der Waals surface area (Å²) in [4.78, 5) is 168. The second-order valence-corrected chi connectivity index (χ2v) is 18.0. The molecule has 2 heterocycles. The average Bonchev–Trinajstić information content (AvgIpc) is 3.97. The number of hydrogen-bond acceptors (Lipinski definition) is 16. The highest BCUT2D eigenvalue weighted by atomic mass is 32.2. The van der Waals surface area contributed by atoms with E-state index in [4.69, 9.17) is 11.5 Å². The number of nitrogens with one attached hydrogen (secondary N) is 6. The van der Waals surface area contributed by atoms with Crippen LogP contribution in [0.15, 0.2) is 0 Å². The largest absolute Gasteiger partial charge is 0.481 e. The fraction of sp³-hybridized carbons (Fsp3) is 0.675. The zero-order valence-electron chi connectivity index (χ0n) is 38.2. The smallest absolute Gasteiger partial charge is 0.326 e. The minimum atomic E-state index is -1.91. The van der Waals surface area contributed by atoms with Crippen molar-refractivity contribution < 1.29 is 82.8 Å². The number of carbonyl (C=O) groups excluding carboxylic acids is 9. The Hall–Kier alpha value is -6.23. The van der Waals surface area contributed by atoms with Crippen molar-refractivity contribution in [2.75, 3.05) is 30.9 Å². The van der Waals surface area contributed by atoms with E-state index < -0.39 is 163 Å². The summed E-state index contributed by atoms with van der Waals surface area (Å²) in [6.07, 6.45) is -1.46. The minimum Gasteiger partial charge on any atom is -0.481 e. The van der Waals surface area contributed by atoms with Gasteiger partial charge in [0.2, 0.25) is 53.2 Å². The minimum absolute atomic E-state index is 0.0523. The number of carboxylic acid groups (broad SMARTS) is 4. The Morgan fingerprint density at radius 1 is 0.609 bits per heavy atom. The quantitative estimate of drug-likeness (QED) is 0.0313. The van der Waals surface area contributed by atoms with Crippen LogP contribution in [0.4, 0.5) is 0 Å². The molecule has 386 valence electrons. The molecule has 0 unspecified atom stereocenters. The average molecular weight is 1020 g/mol. The Kier molecular flexibility index (Phi) is 24.2. The number of aliphatic carboxylic acids is 4. The van der Waals surface area contributed by atoms with Crippen molar-refractivity contribution in [3.05, 3.63) is 0 Å². The van der Waals surface area contributed by atoms with Gasteiger partial charge in [-0.1, -0.05) is 13.8 Å². The molecule has 2 fully saturated rings. The highest BCUT2D eigenvalue weighted by Crippen LogP contribution is 2.22. The van der Waals surface area contributed by atoms with Gasteiger partial charge in [-0.05, 0) is 56.5 Å². The zero-order chi connectivity index (χ0) is 52.3. The number of thiol groups is 1. The van der Waals surface area contributed by atoms with E-state index in [9.17, 15) is 82.8 Å². The summed E-state index contributed by atoms with van der Waals surface area (Å²) in [5, 5.41) is 51.8. The highest BCUT2D eigenvalue weighted by molar-refractivity contribution is 7.98. The molecular weight excluding hydrogens is 957 g/mol. The number of primary amides is 1. The van der Waals surface area contributed by atoms with E-state index in [2.05, 4.69) is 39.2 Å². The SMILES string of the molecule is CSCC[C@H](NC(=O)[C@H](CCC(=O)O)NC(=O)[C@@H](N)CS)C(=O)N1CCC[C@H]1C(=O)N[C@H](C(=O)N[C@@H](CC(=O)O)C(=O)N1CCC[C@H]1C(=O)N[C@@H](CC(=O)O)C(=O)N[C@@H](CC(N)=O)C(=O)O)C(C)C. The van der Waals surface area contributed by atoms with Crippen molar-refractivity contribution in [3.8, 4) is 0 Å². The van der Waals surface area contributed by atoms with Crippen LogP contribution in [0.25, 0.3) is 0 Å². The lowest BCUT2D eigenvalue weighted by Crippen LogP contribution is -2.61. The number of carbonyl (C=O) groups is 13. The fourth-order valence-electron chi connectivity index (χ4n) is 7.42. The normalized spacial score (nSPS) is 18.5. The predicted molar refractivity (Wildman–Crippen MR) is 244 cm³/mol. The number of nitrogens with two attached hydrogens (primary N) is 2. The van der Waals surface area contributed by atoms with Crippen LogP contribution in [0.1, 0.15) is 78.1 Å². The van der Waals surface area contributed by atoms with Gasteiger partial charge in [0.25, 0.3) is 0 Å². The van der Waals surface area contributed by atoms with Gasteiger partial charge in [0, 0.05) is 25.3 Å². The Morgan fingerprint density at radius 2 is 1.09 bits per heavy atom. The summed E-state index contributed by atoms with van der Waals surface area (Å²) in [5.74, 6) is -15.3. The summed E-state index contributed by atoms with van der Waals surface area (Å²) in [6, 6.07) is -13.5. The number of likely N-dealkylation sites (tertiary alicyclic amines) is 2. The van der Waals surface area contributed by atoms with E-state index in [1.807, 2.05) is 5.32 Å². The first-order valence-electron chi connectivity index (χ1n) is 21.8. The van der Waals surface area contributed by atoms with Crippen LogP contribution in [0.5, 0.6) is 0 Å². The van der Waals surface area contributed by atoms with Crippen LogP contribution in [0.3, 0.4) is 0 Å². The Balaban J connectivity index is 2.31. The molecule has 9 amide bonds. The van der Waals surface area contributed by atoms with Crippen molar-refractivity contribution in [2.24, 2.45) is 17.4 Å². The molecule has 0 aromatic carbocycles. The van der Waals surface area contributed by atoms with Gasteiger partial charge in [-0.15, -0.1) is 0 Å². The molecule has 29 heteroatoms. The van der Waals surface area contributed by atoms with Gasteiger partial charge in [0.15, 0.2) is 0 Å². The van der Waals surface area contributed by atoms with E-state index in [0.29, 0.717) is 12.2 Å². The predicted octanol–water partition coefficient (Wildman–Crippen LogP) is -4.68. The van der Waals surface area contributed by atoms with Crippen LogP contribution < -0.4 is 43.4 Å². The maximum Gasteiger partial charge on any atom is 0.326 e. The molecule has 0 spiro atoms. The first-order chi connectivity index (χ1) is 32.3. The summed E-state index contributed by atoms with van der Waals surface area (Å²) in [6.45, 7) is 2.96. The number of amides is 9. The van der Waals surface area contributed by atoms with E-state index >= 15 is 0 Å². The third-order valence-corrected chi connectivity index (χ3v) is 12.0.